The van der Waals surface area contributed by atoms with E-state index in [1.807, 2.05) is 0 Å². The van der Waals surface area contributed by atoms with E-state index >= 15 is 0 Å². The van der Waals surface area contributed by atoms with E-state index in [2.05, 4.69) is 15.1 Å². The van der Waals surface area contributed by atoms with Gasteiger partial charge in [0.2, 0.25) is 5.95 Å². The van der Waals surface area contributed by atoms with E-state index in [4.69, 9.17) is 15.6 Å². The molecule has 0 bridgehead atoms. The molecule has 1 aliphatic rings. The average Bonchev–Trinajstić information content (AvgIpc) is 2.94. The summed E-state index contributed by atoms with van der Waals surface area (Å²) in [6.45, 7) is -0.384. The molecule has 0 aliphatic carbocycles. The number of anilines is 1. The second-order valence-corrected chi connectivity index (χ2v) is 4.33. The van der Waals surface area contributed by atoms with E-state index in [9.17, 15) is 10.2 Å². The maximum atomic E-state index is 9.96. The van der Waals surface area contributed by atoms with Crippen LogP contribution >= 0.6 is 0 Å². The summed E-state index contributed by atoms with van der Waals surface area (Å²) in [7, 11) is 0. The number of nitrogen functional groups attached to an aromatic ring is 1. The number of aliphatic hydroxyl groups excluding tert-OH is 3. The molecule has 3 heterocycles. The summed E-state index contributed by atoms with van der Waals surface area (Å²) in [5.74, 6) is 0.156. The normalized spacial score (nSPS) is 31.1. The highest BCUT2D eigenvalue weighted by atomic mass is 16.6. The highest BCUT2D eigenvalue weighted by Gasteiger charge is 2.44. The summed E-state index contributed by atoms with van der Waals surface area (Å²) >= 11 is 0. The summed E-state index contributed by atoms with van der Waals surface area (Å²) in [5.41, 5.74) is 6.51. The SMILES string of the molecule is Nc1ncnc2c(C3OC(CO)C(O)C3O)cnn12. The molecule has 5 N–H and O–H groups in total. The Bertz CT molecular complexity index is 603. The maximum Gasteiger partial charge on any atom is 0.224 e. The van der Waals surface area contributed by atoms with E-state index in [1.165, 1.54) is 17.0 Å². The summed E-state index contributed by atoms with van der Waals surface area (Å²) in [6.07, 6.45) is -1.27. The van der Waals surface area contributed by atoms with Crippen molar-refractivity contribution in [2.45, 2.75) is 24.4 Å². The van der Waals surface area contributed by atoms with Crippen molar-refractivity contribution in [1.29, 1.82) is 0 Å². The van der Waals surface area contributed by atoms with Crippen LogP contribution in [0.25, 0.3) is 5.65 Å². The van der Waals surface area contributed by atoms with Crippen molar-refractivity contribution >= 4 is 11.6 Å². The second-order valence-electron chi connectivity index (χ2n) is 4.33. The largest absolute Gasteiger partial charge is 0.394 e. The van der Waals surface area contributed by atoms with Crippen molar-refractivity contribution in [2.24, 2.45) is 0 Å². The van der Waals surface area contributed by atoms with E-state index in [0.29, 0.717) is 11.2 Å². The fourth-order valence-electron chi connectivity index (χ4n) is 2.21. The van der Waals surface area contributed by atoms with Gasteiger partial charge < -0.3 is 25.8 Å². The quantitative estimate of drug-likeness (QED) is 0.483. The lowest BCUT2D eigenvalue weighted by Gasteiger charge is -2.12. The molecule has 0 amide bonds. The number of aliphatic hydroxyl groups is 3. The minimum atomic E-state index is -1.17. The van der Waals surface area contributed by atoms with Gasteiger partial charge in [0.05, 0.1) is 12.8 Å². The first-order valence-corrected chi connectivity index (χ1v) is 5.70. The lowest BCUT2D eigenvalue weighted by molar-refractivity contribution is -0.0224. The molecular weight excluding hydrogens is 254 g/mol. The van der Waals surface area contributed by atoms with E-state index in [-0.39, 0.29) is 12.6 Å². The lowest BCUT2D eigenvalue weighted by atomic mass is 10.0. The number of rotatable bonds is 2. The van der Waals surface area contributed by atoms with Gasteiger partial charge in [0.15, 0.2) is 5.65 Å². The zero-order valence-electron chi connectivity index (χ0n) is 9.79. The molecule has 0 radical (unpaired) electrons. The van der Waals surface area contributed by atoms with Gasteiger partial charge in [-0.15, -0.1) is 0 Å². The number of hydrogen-bond donors (Lipinski definition) is 4. The summed E-state index contributed by atoms with van der Waals surface area (Å²) in [6, 6.07) is 0. The van der Waals surface area contributed by atoms with Gasteiger partial charge in [0.1, 0.15) is 30.7 Å². The minimum absolute atomic E-state index is 0.156. The zero-order chi connectivity index (χ0) is 13.6. The molecule has 1 saturated heterocycles. The molecule has 1 fully saturated rings. The Morgan fingerprint density at radius 3 is 2.79 bits per heavy atom. The van der Waals surface area contributed by atoms with Crippen LogP contribution in [0.4, 0.5) is 5.95 Å². The minimum Gasteiger partial charge on any atom is -0.394 e. The first-order chi connectivity index (χ1) is 9.13. The van der Waals surface area contributed by atoms with Crippen LogP contribution in [0, 0.1) is 0 Å². The van der Waals surface area contributed by atoms with Crippen LogP contribution in [0.1, 0.15) is 11.7 Å². The van der Waals surface area contributed by atoms with Crippen molar-refractivity contribution in [2.75, 3.05) is 12.3 Å². The Kier molecular flexibility index (Phi) is 2.82. The predicted molar refractivity (Wildman–Crippen MR) is 61.9 cm³/mol. The monoisotopic (exact) mass is 267 g/mol. The van der Waals surface area contributed by atoms with Gasteiger partial charge in [0, 0.05) is 5.56 Å². The number of nitrogens with two attached hydrogens (primary N) is 1. The highest BCUT2D eigenvalue weighted by molar-refractivity contribution is 5.50. The molecule has 4 unspecified atom stereocenters. The van der Waals surface area contributed by atoms with Crippen LogP contribution in [0.15, 0.2) is 12.5 Å². The molecule has 0 aromatic carbocycles. The Labute approximate surface area is 107 Å². The summed E-state index contributed by atoms with van der Waals surface area (Å²) in [5, 5.41) is 32.8. The Balaban J connectivity index is 2.04. The number of aromatic nitrogens is 4. The molecule has 2 aromatic heterocycles. The smallest absolute Gasteiger partial charge is 0.224 e. The first kappa shape index (κ1) is 12.2. The molecule has 19 heavy (non-hydrogen) atoms. The number of hydrogen-bond acceptors (Lipinski definition) is 8. The van der Waals surface area contributed by atoms with Crippen LogP contribution in [-0.4, -0.2) is 59.8 Å². The number of fused-ring (bicyclic) bond motifs is 1. The summed E-state index contributed by atoms with van der Waals surface area (Å²) in [4.78, 5) is 7.82. The molecule has 9 heteroatoms. The number of nitrogens with zero attached hydrogens (tertiary/aromatic N) is 4. The van der Waals surface area contributed by atoms with Crippen LogP contribution in [0.3, 0.4) is 0 Å². The van der Waals surface area contributed by atoms with E-state index in [1.54, 1.807) is 0 Å². The zero-order valence-corrected chi connectivity index (χ0v) is 9.79. The van der Waals surface area contributed by atoms with Gasteiger partial charge >= 0.3 is 0 Å². The Morgan fingerprint density at radius 1 is 1.32 bits per heavy atom. The molecule has 4 atom stereocenters. The van der Waals surface area contributed by atoms with Gasteiger partial charge in [-0.3, -0.25) is 0 Å². The van der Waals surface area contributed by atoms with Crippen LogP contribution < -0.4 is 5.73 Å². The molecule has 102 valence electrons. The molecule has 2 aromatic rings. The standard InChI is InChI=1S/C10H13N5O4/c11-10-13-3-12-9-4(1-14-15(9)10)8-7(18)6(17)5(2-16)19-8/h1,3,5-8,16-18H,2H2,(H2,11,12,13). The van der Waals surface area contributed by atoms with Crippen molar-refractivity contribution < 1.29 is 20.1 Å². The molecule has 1 aliphatic heterocycles. The Morgan fingerprint density at radius 2 is 2.11 bits per heavy atom. The first-order valence-electron chi connectivity index (χ1n) is 5.70. The lowest BCUT2D eigenvalue weighted by Crippen LogP contribution is -2.32. The molecule has 9 nitrogen and oxygen atoms in total. The third-order valence-corrected chi connectivity index (χ3v) is 3.21. The van der Waals surface area contributed by atoms with E-state index < -0.39 is 24.4 Å². The fraction of sp³-hybridized carbons (Fsp3) is 0.500. The fourth-order valence-corrected chi connectivity index (χ4v) is 2.21. The summed E-state index contributed by atoms with van der Waals surface area (Å²) < 4.78 is 6.73. The molecular formula is C10H13N5O4. The average molecular weight is 267 g/mol. The molecule has 0 saturated carbocycles. The van der Waals surface area contributed by atoms with Crippen LogP contribution in [-0.2, 0) is 4.74 Å². The van der Waals surface area contributed by atoms with Crippen LogP contribution in [0.5, 0.6) is 0 Å². The van der Waals surface area contributed by atoms with E-state index in [0.717, 1.165) is 0 Å². The third-order valence-electron chi connectivity index (χ3n) is 3.21. The maximum absolute atomic E-state index is 9.96. The van der Waals surface area contributed by atoms with Crippen molar-refractivity contribution in [1.82, 2.24) is 19.6 Å². The van der Waals surface area contributed by atoms with Gasteiger partial charge in [-0.25, -0.2) is 9.97 Å². The van der Waals surface area contributed by atoms with Crippen LogP contribution in [0.2, 0.25) is 0 Å². The van der Waals surface area contributed by atoms with Gasteiger partial charge in [-0.1, -0.05) is 0 Å². The highest BCUT2D eigenvalue weighted by Crippen LogP contribution is 2.34. The van der Waals surface area contributed by atoms with Gasteiger partial charge in [-0.05, 0) is 0 Å². The topological polar surface area (TPSA) is 139 Å². The third kappa shape index (κ3) is 1.75. The number of ether oxygens (including phenoxy) is 1. The van der Waals surface area contributed by atoms with Gasteiger partial charge in [-0.2, -0.15) is 9.61 Å². The molecule has 3 rings (SSSR count). The Hall–Kier alpha value is -1.81. The van der Waals surface area contributed by atoms with Gasteiger partial charge in [0.25, 0.3) is 0 Å². The molecule has 0 spiro atoms. The second kappa shape index (κ2) is 4.38. The predicted octanol–water partition coefficient (Wildman–Crippen LogP) is -2.14. The van der Waals surface area contributed by atoms with Crippen molar-refractivity contribution in [3.8, 4) is 0 Å². The van der Waals surface area contributed by atoms with Crippen molar-refractivity contribution in [3.05, 3.63) is 18.1 Å². The van der Waals surface area contributed by atoms with Crippen molar-refractivity contribution in [3.63, 3.8) is 0 Å².